The molecule has 0 saturated carbocycles. The summed E-state index contributed by atoms with van der Waals surface area (Å²) in [4.78, 5) is 4.34. The maximum Gasteiger partial charge on any atom is 0.218 e. The van der Waals surface area contributed by atoms with E-state index in [1.165, 1.54) is 16.7 Å². The lowest BCUT2D eigenvalue weighted by Crippen LogP contribution is -2.24. The molecule has 0 amide bonds. The predicted octanol–water partition coefficient (Wildman–Crippen LogP) is 3.80. The molecule has 0 fully saturated rings. The van der Waals surface area contributed by atoms with E-state index in [0.717, 1.165) is 18.5 Å². The van der Waals surface area contributed by atoms with Gasteiger partial charge in [0.2, 0.25) is 5.88 Å². The third kappa shape index (κ3) is 3.61. The van der Waals surface area contributed by atoms with Crippen LogP contribution in [-0.2, 0) is 0 Å². The molecule has 1 aromatic heterocycles. The lowest BCUT2D eigenvalue weighted by atomic mass is 9.94. The van der Waals surface area contributed by atoms with Crippen molar-refractivity contribution >= 4 is 0 Å². The molecule has 1 aromatic carbocycles. The molecule has 0 bridgehead atoms. The van der Waals surface area contributed by atoms with Gasteiger partial charge < -0.3 is 10.1 Å². The number of benzene rings is 1. The smallest absolute Gasteiger partial charge is 0.218 e. The molecular weight excluding hydrogens is 260 g/mol. The number of nitrogens with one attached hydrogen (secondary N) is 1. The Hall–Kier alpha value is -1.87. The average molecular weight is 284 g/mol. The summed E-state index contributed by atoms with van der Waals surface area (Å²) in [5.41, 5.74) is 4.92. The minimum absolute atomic E-state index is 0.105. The number of pyridine rings is 1. The number of methoxy groups -OCH3 is 1. The van der Waals surface area contributed by atoms with E-state index in [2.05, 4.69) is 55.3 Å². The van der Waals surface area contributed by atoms with E-state index in [1.807, 2.05) is 6.07 Å². The zero-order valence-electron chi connectivity index (χ0n) is 13.3. The van der Waals surface area contributed by atoms with Crippen molar-refractivity contribution < 1.29 is 4.74 Å². The van der Waals surface area contributed by atoms with Crippen LogP contribution >= 0.6 is 0 Å². The largest absolute Gasteiger partial charge is 0.481 e. The van der Waals surface area contributed by atoms with E-state index >= 15 is 0 Å². The standard InChI is InChI=1S/C18H24N2O/c1-5-10-19-17(15-7-6-11-20-18(15)21-4)16-12-13(2)8-9-14(16)3/h6-9,11-12,17,19H,5,10H2,1-4H3. The molecular formula is C18H24N2O. The second-order valence-electron chi connectivity index (χ2n) is 5.35. The van der Waals surface area contributed by atoms with Gasteiger partial charge in [0.1, 0.15) is 0 Å². The van der Waals surface area contributed by atoms with Crippen LogP contribution in [0.1, 0.15) is 41.6 Å². The zero-order valence-corrected chi connectivity index (χ0v) is 13.3. The Balaban J connectivity index is 2.49. The van der Waals surface area contributed by atoms with Crippen molar-refractivity contribution in [3.05, 3.63) is 58.8 Å². The van der Waals surface area contributed by atoms with Crippen LogP contribution in [0, 0.1) is 13.8 Å². The number of hydrogen-bond donors (Lipinski definition) is 1. The first-order valence-corrected chi connectivity index (χ1v) is 7.46. The van der Waals surface area contributed by atoms with Crippen LogP contribution in [0.5, 0.6) is 5.88 Å². The molecule has 0 saturated heterocycles. The van der Waals surface area contributed by atoms with Gasteiger partial charge in [-0.25, -0.2) is 4.98 Å². The molecule has 3 heteroatoms. The maximum absolute atomic E-state index is 5.45. The Bertz CT molecular complexity index is 596. The summed E-state index contributed by atoms with van der Waals surface area (Å²) in [6.45, 7) is 7.41. The summed E-state index contributed by atoms with van der Waals surface area (Å²) in [7, 11) is 1.67. The van der Waals surface area contributed by atoms with E-state index in [0.29, 0.717) is 5.88 Å². The quantitative estimate of drug-likeness (QED) is 0.876. The van der Waals surface area contributed by atoms with Gasteiger partial charge in [-0.2, -0.15) is 0 Å². The molecule has 3 nitrogen and oxygen atoms in total. The highest BCUT2D eigenvalue weighted by Crippen LogP contribution is 2.30. The topological polar surface area (TPSA) is 34.2 Å². The molecule has 0 aliphatic heterocycles. The molecule has 112 valence electrons. The number of rotatable bonds is 6. The highest BCUT2D eigenvalue weighted by molar-refractivity contribution is 5.42. The van der Waals surface area contributed by atoms with Crippen LogP contribution < -0.4 is 10.1 Å². The maximum atomic E-state index is 5.45. The number of hydrogen-bond acceptors (Lipinski definition) is 3. The first kappa shape index (κ1) is 15.5. The Morgan fingerprint density at radius 3 is 2.71 bits per heavy atom. The summed E-state index contributed by atoms with van der Waals surface area (Å²) < 4.78 is 5.45. The highest BCUT2D eigenvalue weighted by atomic mass is 16.5. The monoisotopic (exact) mass is 284 g/mol. The van der Waals surface area contributed by atoms with Crippen LogP contribution in [0.15, 0.2) is 36.5 Å². The van der Waals surface area contributed by atoms with E-state index in [4.69, 9.17) is 4.74 Å². The molecule has 1 N–H and O–H groups in total. The SMILES string of the molecule is CCCNC(c1cc(C)ccc1C)c1cccnc1OC. The average Bonchev–Trinajstić information content (AvgIpc) is 2.51. The van der Waals surface area contributed by atoms with Gasteiger partial charge in [0.05, 0.1) is 13.2 Å². The summed E-state index contributed by atoms with van der Waals surface area (Å²) in [6, 6.07) is 10.7. The Labute approximate surface area is 127 Å². The van der Waals surface area contributed by atoms with E-state index in [1.54, 1.807) is 13.3 Å². The summed E-state index contributed by atoms with van der Waals surface area (Å²) in [5.74, 6) is 0.687. The molecule has 0 spiro atoms. The fourth-order valence-electron chi connectivity index (χ4n) is 2.54. The van der Waals surface area contributed by atoms with Gasteiger partial charge in [-0.15, -0.1) is 0 Å². The summed E-state index contributed by atoms with van der Waals surface area (Å²) in [6.07, 6.45) is 2.85. The number of ether oxygens (including phenoxy) is 1. The lowest BCUT2D eigenvalue weighted by molar-refractivity contribution is 0.386. The molecule has 1 heterocycles. The van der Waals surface area contributed by atoms with Crippen molar-refractivity contribution in [1.82, 2.24) is 10.3 Å². The van der Waals surface area contributed by atoms with Crippen molar-refractivity contribution in [1.29, 1.82) is 0 Å². The second kappa shape index (κ2) is 7.23. The molecule has 0 aliphatic carbocycles. The predicted molar refractivity (Wildman–Crippen MR) is 86.8 cm³/mol. The third-order valence-corrected chi connectivity index (χ3v) is 3.65. The first-order chi connectivity index (χ1) is 10.2. The van der Waals surface area contributed by atoms with Crippen molar-refractivity contribution in [2.75, 3.05) is 13.7 Å². The number of nitrogens with zero attached hydrogens (tertiary/aromatic N) is 1. The first-order valence-electron chi connectivity index (χ1n) is 7.46. The molecule has 0 aliphatic rings. The molecule has 0 radical (unpaired) electrons. The highest BCUT2D eigenvalue weighted by Gasteiger charge is 2.20. The molecule has 21 heavy (non-hydrogen) atoms. The zero-order chi connectivity index (χ0) is 15.2. The van der Waals surface area contributed by atoms with E-state index < -0.39 is 0 Å². The van der Waals surface area contributed by atoms with Gasteiger partial charge in [-0.05, 0) is 44.0 Å². The minimum Gasteiger partial charge on any atom is -0.481 e. The lowest BCUT2D eigenvalue weighted by Gasteiger charge is -2.23. The Kier molecular flexibility index (Phi) is 5.34. The normalized spacial score (nSPS) is 12.2. The van der Waals surface area contributed by atoms with Crippen LogP contribution in [0.25, 0.3) is 0 Å². The van der Waals surface area contributed by atoms with Crippen LogP contribution in [-0.4, -0.2) is 18.6 Å². The van der Waals surface area contributed by atoms with Crippen LogP contribution in [0.3, 0.4) is 0 Å². The number of aryl methyl sites for hydroxylation is 2. The minimum atomic E-state index is 0.105. The van der Waals surface area contributed by atoms with Gasteiger partial charge >= 0.3 is 0 Å². The van der Waals surface area contributed by atoms with Gasteiger partial charge in [0.15, 0.2) is 0 Å². The fourth-order valence-corrected chi connectivity index (χ4v) is 2.54. The fraction of sp³-hybridized carbons (Fsp3) is 0.389. The van der Waals surface area contributed by atoms with E-state index in [-0.39, 0.29) is 6.04 Å². The second-order valence-corrected chi connectivity index (χ2v) is 5.35. The Morgan fingerprint density at radius 1 is 1.19 bits per heavy atom. The van der Waals surface area contributed by atoms with Crippen molar-refractivity contribution in [2.24, 2.45) is 0 Å². The summed E-state index contributed by atoms with van der Waals surface area (Å²) in [5, 5.41) is 3.62. The number of aromatic nitrogens is 1. The Morgan fingerprint density at radius 2 is 2.00 bits per heavy atom. The van der Waals surface area contributed by atoms with Crippen LogP contribution in [0.4, 0.5) is 0 Å². The third-order valence-electron chi connectivity index (χ3n) is 3.65. The van der Waals surface area contributed by atoms with Crippen molar-refractivity contribution in [3.8, 4) is 5.88 Å². The van der Waals surface area contributed by atoms with Crippen molar-refractivity contribution in [2.45, 2.75) is 33.2 Å². The summed E-state index contributed by atoms with van der Waals surface area (Å²) >= 11 is 0. The van der Waals surface area contributed by atoms with Crippen molar-refractivity contribution in [3.63, 3.8) is 0 Å². The van der Waals surface area contributed by atoms with Gasteiger partial charge in [0, 0.05) is 11.8 Å². The van der Waals surface area contributed by atoms with Crippen LogP contribution in [0.2, 0.25) is 0 Å². The molecule has 1 unspecified atom stereocenters. The molecule has 2 rings (SSSR count). The van der Waals surface area contributed by atoms with E-state index in [9.17, 15) is 0 Å². The van der Waals surface area contributed by atoms with Gasteiger partial charge in [0.25, 0.3) is 0 Å². The molecule has 2 aromatic rings. The van der Waals surface area contributed by atoms with Gasteiger partial charge in [-0.1, -0.05) is 36.8 Å². The molecule has 1 atom stereocenters. The van der Waals surface area contributed by atoms with Gasteiger partial charge in [-0.3, -0.25) is 0 Å².